The van der Waals surface area contributed by atoms with E-state index in [2.05, 4.69) is 20.5 Å². The zero-order chi connectivity index (χ0) is 20.6. The number of carbonyl (C=O) groups excluding carboxylic acids is 1. The summed E-state index contributed by atoms with van der Waals surface area (Å²) in [6, 6.07) is 14.5. The molecule has 2 aromatic carbocycles. The zero-order valence-corrected chi connectivity index (χ0v) is 18.5. The van der Waals surface area contributed by atoms with E-state index in [1.54, 1.807) is 29.2 Å². The first-order chi connectivity index (χ1) is 13.9. The first-order valence-electron chi connectivity index (χ1n) is 9.54. The molecule has 0 N–H and O–H groups in total. The SMILES string of the molecule is CCn1cc(C(=O)N2CCN(S(=O)(=O)c3ccc(Br)cc3)CC2)c2ccccc21. The molecule has 6 nitrogen and oxygen atoms in total. The fraction of sp³-hybridized carbons (Fsp3) is 0.286. The summed E-state index contributed by atoms with van der Waals surface area (Å²) < 4.78 is 30.1. The molecule has 0 radical (unpaired) electrons. The van der Waals surface area contributed by atoms with Gasteiger partial charge in [-0.3, -0.25) is 4.79 Å². The molecule has 8 heteroatoms. The van der Waals surface area contributed by atoms with Crippen molar-refractivity contribution in [2.24, 2.45) is 0 Å². The Morgan fingerprint density at radius 2 is 1.66 bits per heavy atom. The molecule has 2 heterocycles. The topological polar surface area (TPSA) is 62.6 Å². The lowest BCUT2D eigenvalue weighted by atomic mass is 10.1. The van der Waals surface area contributed by atoms with E-state index >= 15 is 0 Å². The van der Waals surface area contributed by atoms with Crippen molar-refractivity contribution in [3.63, 3.8) is 0 Å². The van der Waals surface area contributed by atoms with Crippen molar-refractivity contribution >= 4 is 42.8 Å². The van der Waals surface area contributed by atoms with Gasteiger partial charge in [0.1, 0.15) is 0 Å². The first-order valence-corrected chi connectivity index (χ1v) is 11.8. The monoisotopic (exact) mass is 475 g/mol. The summed E-state index contributed by atoms with van der Waals surface area (Å²) in [6.07, 6.45) is 1.90. The van der Waals surface area contributed by atoms with E-state index in [1.165, 1.54) is 4.31 Å². The van der Waals surface area contributed by atoms with Crippen LogP contribution in [-0.4, -0.2) is 54.3 Å². The second-order valence-electron chi connectivity index (χ2n) is 7.00. The number of carbonyl (C=O) groups is 1. The summed E-state index contributed by atoms with van der Waals surface area (Å²) >= 11 is 3.32. The van der Waals surface area contributed by atoms with Crippen LogP contribution in [0.25, 0.3) is 10.9 Å². The maximum atomic E-state index is 13.1. The summed E-state index contributed by atoms with van der Waals surface area (Å²) in [4.78, 5) is 15.2. The number of hydrogen-bond donors (Lipinski definition) is 0. The van der Waals surface area contributed by atoms with E-state index in [-0.39, 0.29) is 23.9 Å². The second kappa shape index (κ2) is 7.93. The van der Waals surface area contributed by atoms with Crippen LogP contribution in [0.1, 0.15) is 17.3 Å². The predicted molar refractivity (Wildman–Crippen MR) is 116 cm³/mol. The number of hydrogen-bond acceptors (Lipinski definition) is 3. The van der Waals surface area contributed by atoms with Crippen molar-refractivity contribution < 1.29 is 13.2 Å². The molecule has 152 valence electrons. The number of rotatable bonds is 4. The fourth-order valence-corrected chi connectivity index (χ4v) is 5.42. The first kappa shape index (κ1) is 20.1. The lowest BCUT2D eigenvalue weighted by Crippen LogP contribution is -2.50. The third-order valence-electron chi connectivity index (χ3n) is 5.34. The number of halogens is 1. The Kier molecular flexibility index (Phi) is 5.50. The normalized spacial score (nSPS) is 15.7. The van der Waals surface area contributed by atoms with Crippen LogP contribution in [0.5, 0.6) is 0 Å². The van der Waals surface area contributed by atoms with Gasteiger partial charge < -0.3 is 9.47 Å². The van der Waals surface area contributed by atoms with Crippen molar-refractivity contribution in [2.45, 2.75) is 18.4 Å². The summed E-state index contributed by atoms with van der Waals surface area (Å²) in [5, 5.41) is 0.935. The van der Waals surface area contributed by atoms with Gasteiger partial charge in [-0.1, -0.05) is 34.1 Å². The standard InChI is InChI=1S/C21H22BrN3O3S/c1-2-23-15-19(18-5-3-4-6-20(18)23)21(26)24-11-13-25(14-12-24)29(27,28)17-9-7-16(22)8-10-17/h3-10,15H,2,11-14H2,1H3. The van der Waals surface area contributed by atoms with E-state index in [1.807, 2.05) is 37.4 Å². The molecule has 0 atom stereocenters. The molecule has 1 fully saturated rings. The van der Waals surface area contributed by atoms with E-state index in [9.17, 15) is 13.2 Å². The Labute approximate surface area is 178 Å². The van der Waals surface area contributed by atoms with Gasteiger partial charge in [-0.2, -0.15) is 4.31 Å². The third-order valence-corrected chi connectivity index (χ3v) is 7.78. The average Bonchev–Trinajstić information content (AvgIpc) is 3.12. The van der Waals surface area contributed by atoms with Gasteiger partial charge in [-0.25, -0.2) is 8.42 Å². The van der Waals surface area contributed by atoms with Gasteiger partial charge in [0.15, 0.2) is 0 Å². The number of fused-ring (bicyclic) bond motifs is 1. The van der Waals surface area contributed by atoms with Crippen molar-refractivity contribution in [3.8, 4) is 0 Å². The Hall–Kier alpha value is -2.16. The summed E-state index contributed by atoms with van der Waals surface area (Å²) in [6.45, 7) is 4.16. The minimum Gasteiger partial charge on any atom is -0.347 e. The Morgan fingerprint density at radius 1 is 1.00 bits per heavy atom. The predicted octanol–water partition coefficient (Wildman–Crippen LogP) is 3.57. The maximum Gasteiger partial charge on any atom is 0.256 e. The average molecular weight is 476 g/mol. The minimum absolute atomic E-state index is 0.0471. The number of sulfonamides is 1. The molecule has 0 saturated carbocycles. The number of para-hydroxylation sites is 1. The summed E-state index contributed by atoms with van der Waals surface area (Å²) in [5.74, 6) is -0.0471. The molecule has 0 spiro atoms. The van der Waals surface area contributed by atoms with E-state index < -0.39 is 10.0 Å². The summed E-state index contributed by atoms with van der Waals surface area (Å²) in [7, 11) is -3.56. The number of amides is 1. The van der Waals surface area contributed by atoms with Crippen LogP contribution < -0.4 is 0 Å². The molecular weight excluding hydrogens is 454 g/mol. The van der Waals surface area contributed by atoms with Crippen LogP contribution in [0, 0.1) is 0 Å². The van der Waals surface area contributed by atoms with Crippen LogP contribution >= 0.6 is 15.9 Å². The van der Waals surface area contributed by atoms with Crippen molar-refractivity contribution in [3.05, 3.63) is 64.8 Å². The number of benzene rings is 2. The highest BCUT2D eigenvalue weighted by Gasteiger charge is 2.31. The molecule has 0 unspecified atom stereocenters. The van der Waals surface area contributed by atoms with E-state index in [0.29, 0.717) is 18.7 Å². The van der Waals surface area contributed by atoms with Gasteiger partial charge in [0.05, 0.1) is 10.5 Å². The van der Waals surface area contributed by atoms with Gasteiger partial charge in [0, 0.05) is 54.3 Å². The summed E-state index contributed by atoms with van der Waals surface area (Å²) in [5.41, 5.74) is 1.71. The molecule has 1 aliphatic heterocycles. The highest BCUT2D eigenvalue weighted by atomic mass is 79.9. The molecule has 1 aromatic heterocycles. The van der Waals surface area contributed by atoms with E-state index in [0.717, 1.165) is 21.9 Å². The molecule has 0 bridgehead atoms. The third kappa shape index (κ3) is 3.72. The van der Waals surface area contributed by atoms with Gasteiger partial charge in [-0.05, 0) is 37.3 Å². The second-order valence-corrected chi connectivity index (χ2v) is 9.85. The maximum absolute atomic E-state index is 13.1. The van der Waals surface area contributed by atoms with Crippen LogP contribution in [0.15, 0.2) is 64.1 Å². The van der Waals surface area contributed by atoms with Crippen LogP contribution in [0.2, 0.25) is 0 Å². The number of nitrogens with zero attached hydrogens (tertiary/aromatic N) is 3. The Morgan fingerprint density at radius 3 is 2.31 bits per heavy atom. The number of aromatic nitrogens is 1. The molecule has 3 aromatic rings. The lowest BCUT2D eigenvalue weighted by Gasteiger charge is -2.34. The molecule has 1 aliphatic rings. The highest BCUT2D eigenvalue weighted by Crippen LogP contribution is 2.24. The highest BCUT2D eigenvalue weighted by molar-refractivity contribution is 9.10. The molecule has 1 amide bonds. The number of piperazine rings is 1. The van der Waals surface area contributed by atoms with Crippen molar-refractivity contribution in [2.75, 3.05) is 26.2 Å². The molecule has 29 heavy (non-hydrogen) atoms. The van der Waals surface area contributed by atoms with Crippen LogP contribution in [0.3, 0.4) is 0 Å². The smallest absolute Gasteiger partial charge is 0.256 e. The number of aryl methyl sites for hydroxylation is 1. The quantitative estimate of drug-likeness (QED) is 0.579. The molecular formula is C21H22BrN3O3S. The van der Waals surface area contributed by atoms with Crippen molar-refractivity contribution in [1.29, 1.82) is 0 Å². The van der Waals surface area contributed by atoms with Crippen LogP contribution in [-0.2, 0) is 16.6 Å². The zero-order valence-electron chi connectivity index (χ0n) is 16.1. The largest absolute Gasteiger partial charge is 0.347 e. The van der Waals surface area contributed by atoms with Crippen molar-refractivity contribution in [1.82, 2.24) is 13.8 Å². The van der Waals surface area contributed by atoms with Crippen LogP contribution in [0.4, 0.5) is 0 Å². The van der Waals surface area contributed by atoms with Gasteiger partial charge in [0.25, 0.3) is 5.91 Å². The molecule has 0 aliphatic carbocycles. The molecule has 4 rings (SSSR count). The van der Waals surface area contributed by atoms with Gasteiger partial charge >= 0.3 is 0 Å². The fourth-order valence-electron chi connectivity index (χ4n) is 3.74. The molecule has 1 saturated heterocycles. The lowest BCUT2D eigenvalue weighted by molar-refractivity contribution is 0.0699. The Balaban J connectivity index is 1.51. The Bertz CT molecular complexity index is 1150. The van der Waals surface area contributed by atoms with Gasteiger partial charge in [-0.15, -0.1) is 0 Å². The minimum atomic E-state index is -3.56. The van der Waals surface area contributed by atoms with Gasteiger partial charge in [0.2, 0.25) is 10.0 Å². The van der Waals surface area contributed by atoms with E-state index in [4.69, 9.17) is 0 Å².